The molecule has 6 nitrogen and oxygen atoms in total. The molecule has 0 atom stereocenters. The van der Waals surface area contributed by atoms with Crippen LogP contribution in [0.5, 0.6) is 0 Å². The Hall–Kier alpha value is -1.89. The number of benzene rings is 1. The summed E-state index contributed by atoms with van der Waals surface area (Å²) >= 11 is 1.38. The molecule has 1 amide bonds. The van der Waals surface area contributed by atoms with Gasteiger partial charge in [0.05, 0.1) is 11.8 Å². The summed E-state index contributed by atoms with van der Waals surface area (Å²) in [4.78, 5) is 12.1. The predicted octanol–water partition coefficient (Wildman–Crippen LogP) is 2.30. The van der Waals surface area contributed by atoms with Crippen LogP contribution >= 0.6 is 11.8 Å². The Morgan fingerprint density at radius 1 is 1.43 bits per heavy atom. The molecule has 0 unspecified atom stereocenters. The van der Waals surface area contributed by atoms with Gasteiger partial charge in [0, 0.05) is 5.69 Å². The van der Waals surface area contributed by atoms with Gasteiger partial charge >= 0.3 is 0 Å². The molecule has 0 bridgehead atoms. The van der Waals surface area contributed by atoms with Crippen molar-refractivity contribution in [2.75, 3.05) is 11.1 Å². The number of nitrogens with one attached hydrogen (secondary N) is 1. The third kappa shape index (κ3) is 3.41. The van der Waals surface area contributed by atoms with E-state index in [1.807, 2.05) is 28.9 Å². The van der Waals surface area contributed by atoms with Crippen molar-refractivity contribution in [3.63, 3.8) is 0 Å². The Balaban J connectivity index is 1.58. The number of hydrogen-bond donors (Lipinski definition) is 1. The zero-order valence-electron chi connectivity index (χ0n) is 11.8. The van der Waals surface area contributed by atoms with Gasteiger partial charge in [-0.2, -0.15) is 0 Å². The van der Waals surface area contributed by atoms with Crippen molar-refractivity contribution >= 4 is 23.4 Å². The highest BCUT2D eigenvalue weighted by Gasteiger charge is 2.28. The zero-order chi connectivity index (χ0) is 14.7. The molecule has 110 valence electrons. The molecule has 7 heteroatoms. The molecule has 3 rings (SSSR count). The van der Waals surface area contributed by atoms with Crippen LogP contribution < -0.4 is 5.32 Å². The van der Waals surface area contributed by atoms with Gasteiger partial charge in [-0.1, -0.05) is 36.9 Å². The van der Waals surface area contributed by atoms with Gasteiger partial charge in [-0.3, -0.25) is 4.79 Å². The van der Waals surface area contributed by atoms with Crippen LogP contribution in [0.1, 0.15) is 31.4 Å². The van der Waals surface area contributed by atoms with Gasteiger partial charge in [0.1, 0.15) is 0 Å². The maximum Gasteiger partial charge on any atom is 0.234 e. The minimum absolute atomic E-state index is 0.0359. The van der Waals surface area contributed by atoms with Crippen LogP contribution in [0.25, 0.3) is 0 Å². The standard InChI is InChI=1S/C14H17N5OS/c1-2-10-5-3-4-6-12(10)15-13(20)9-21-14-16-17-18-19(14)11-7-8-11/h3-6,11H,2,7-9H2,1H3,(H,15,20). The first-order valence-electron chi connectivity index (χ1n) is 7.06. The van der Waals surface area contributed by atoms with Crippen LogP contribution in [0.15, 0.2) is 29.4 Å². The molecule has 0 radical (unpaired) electrons. The lowest BCUT2D eigenvalue weighted by Gasteiger charge is -2.09. The molecule has 0 saturated heterocycles. The second-order valence-corrected chi connectivity index (χ2v) is 5.93. The Morgan fingerprint density at radius 3 is 3.00 bits per heavy atom. The van der Waals surface area contributed by atoms with Crippen molar-refractivity contribution < 1.29 is 4.79 Å². The number of aryl methyl sites for hydroxylation is 1. The maximum atomic E-state index is 12.1. The molecule has 1 N–H and O–H groups in total. The van der Waals surface area contributed by atoms with Crippen LogP contribution in [0.4, 0.5) is 5.69 Å². The van der Waals surface area contributed by atoms with Gasteiger partial charge in [0.15, 0.2) is 0 Å². The summed E-state index contributed by atoms with van der Waals surface area (Å²) in [7, 11) is 0. The number of carbonyl (C=O) groups excluding carboxylic acids is 1. The van der Waals surface area contributed by atoms with Crippen molar-refractivity contribution in [2.24, 2.45) is 0 Å². The van der Waals surface area contributed by atoms with Gasteiger partial charge in [0.25, 0.3) is 0 Å². The second kappa shape index (κ2) is 6.26. The molecule has 2 aromatic rings. The van der Waals surface area contributed by atoms with Gasteiger partial charge in [0.2, 0.25) is 11.1 Å². The minimum atomic E-state index is -0.0359. The number of amides is 1. The summed E-state index contributed by atoms with van der Waals surface area (Å²) in [6.45, 7) is 2.07. The van der Waals surface area contributed by atoms with E-state index in [4.69, 9.17) is 0 Å². The predicted molar refractivity (Wildman–Crippen MR) is 81.3 cm³/mol. The summed E-state index contributed by atoms with van der Waals surface area (Å²) < 4.78 is 1.82. The maximum absolute atomic E-state index is 12.1. The molecule has 1 fully saturated rings. The highest BCUT2D eigenvalue weighted by Crippen LogP contribution is 2.36. The molecule has 1 heterocycles. The van der Waals surface area contributed by atoms with Crippen molar-refractivity contribution in [3.05, 3.63) is 29.8 Å². The Kier molecular flexibility index (Phi) is 4.19. The smallest absolute Gasteiger partial charge is 0.234 e. The molecule has 1 aliphatic carbocycles. The quantitative estimate of drug-likeness (QED) is 0.829. The lowest BCUT2D eigenvalue weighted by atomic mass is 10.1. The monoisotopic (exact) mass is 303 g/mol. The first-order chi connectivity index (χ1) is 10.3. The number of nitrogens with zero attached hydrogens (tertiary/aromatic N) is 4. The second-order valence-electron chi connectivity index (χ2n) is 4.98. The third-order valence-corrected chi connectivity index (χ3v) is 4.29. The molecule has 1 aliphatic rings. The average Bonchev–Trinajstić information content (AvgIpc) is 3.24. The van der Waals surface area contributed by atoms with Crippen LogP contribution in [-0.4, -0.2) is 31.9 Å². The number of carbonyl (C=O) groups is 1. The molecular weight excluding hydrogens is 286 g/mol. The van der Waals surface area contributed by atoms with Gasteiger partial charge in [-0.15, -0.1) is 5.10 Å². The number of anilines is 1. The summed E-state index contributed by atoms with van der Waals surface area (Å²) in [5.74, 6) is 0.275. The van der Waals surface area contributed by atoms with Gasteiger partial charge in [-0.25, -0.2) is 4.68 Å². The van der Waals surface area contributed by atoms with Crippen molar-refractivity contribution in [1.29, 1.82) is 0 Å². The highest BCUT2D eigenvalue weighted by molar-refractivity contribution is 7.99. The Bertz CT molecular complexity index is 638. The molecule has 21 heavy (non-hydrogen) atoms. The molecule has 0 spiro atoms. The number of aromatic nitrogens is 4. The summed E-state index contributed by atoms with van der Waals surface area (Å²) in [6.07, 6.45) is 3.13. The fourth-order valence-corrected chi connectivity index (χ4v) is 2.84. The van der Waals surface area contributed by atoms with Gasteiger partial charge in [-0.05, 0) is 41.3 Å². The summed E-state index contributed by atoms with van der Waals surface area (Å²) in [5.41, 5.74) is 2.02. The third-order valence-electron chi connectivity index (χ3n) is 3.36. The number of tetrazole rings is 1. The largest absolute Gasteiger partial charge is 0.325 e. The van der Waals surface area contributed by atoms with E-state index < -0.39 is 0 Å². The van der Waals surface area contributed by atoms with Crippen LogP contribution in [-0.2, 0) is 11.2 Å². The first kappa shape index (κ1) is 14.1. The number of para-hydroxylation sites is 1. The molecule has 1 aromatic carbocycles. The van der Waals surface area contributed by atoms with Crippen molar-refractivity contribution in [2.45, 2.75) is 37.4 Å². The van der Waals surface area contributed by atoms with Gasteiger partial charge < -0.3 is 5.32 Å². The Labute approximate surface area is 127 Å². The first-order valence-corrected chi connectivity index (χ1v) is 8.05. The van der Waals surface area contributed by atoms with E-state index in [2.05, 4.69) is 27.8 Å². The highest BCUT2D eigenvalue weighted by atomic mass is 32.2. The molecular formula is C14H17N5OS. The lowest BCUT2D eigenvalue weighted by Crippen LogP contribution is -2.15. The van der Waals surface area contributed by atoms with E-state index in [0.717, 1.165) is 35.7 Å². The summed E-state index contributed by atoms with van der Waals surface area (Å²) in [6, 6.07) is 8.28. The molecule has 1 saturated carbocycles. The fourth-order valence-electron chi connectivity index (χ4n) is 2.10. The average molecular weight is 303 g/mol. The fraction of sp³-hybridized carbons (Fsp3) is 0.429. The zero-order valence-corrected chi connectivity index (χ0v) is 12.6. The topological polar surface area (TPSA) is 72.7 Å². The number of hydrogen-bond acceptors (Lipinski definition) is 5. The number of rotatable bonds is 6. The normalized spacial score (nSPS) is 14.1. The number of thioether (sulfide) groups is 1. The molecule has 1 aromatic heterocycles. The Morgan fingerprint density at radius 2 is 2.24 bits per heavy atom. The van der Waals surface area contributed by atoms with E-state index in [-0.39, 0.29) is 5.91 Å². The van der Waals surface area contributed by atoms with Crippen LogP contribution in [0.2, 0.25) is 0 Å². The van der Waals surface area contributed by atoms with E-state index >= 15 is 0 Å². The van der Waals surface area contributed by atoms with E-state index in [1.54, 1.807) is 0 Å². The SMILES string of the molecule is CCc1ccccc1NC(=O)CSc1nnnn1C1CC1. The van der Waals surface area contributed by atoms with Crippen molar-refractivity contribution in [3.8, 4) is 0 Å². The van der Waals surface area contributed by atoms with Crippen LogP contribution in [0.3, 0.4) is 0 Å². The van der Waals surface area contributed by atoms with Crippen molar-refractivity contribution in [1.82, 2.24) is 20.2 Å². The lowest BCUT2D eigenvalue weighted by molar-refractivity contribution is -0.113. The minimum Gasteiger partial charge on any atom is -0.325 e. The van der Waals surface area contributed by atoms with E-state index in [1.165, 1.54) is 11.8 Å². The van der Waals surface area contributed by atoms with E-state index in [9.17, 15) is 4.79 Å². The summed E-state index contributed by atoms with van der Waals surface area (Å²) in [5, 5.41) is 15.3. The van der Waals surface area contributed by atoms with E-state index in [0.29, 0.717) is 11.8 Å². The van der Waals surface area contributed by atoms with Crippen LogP contribution in [0, 0.1) is 0 Å². The molecule has 0 aliphatic heterocycles.